The van der Waals surface area contributed by atoms with Crippen LogP contribution in [0.3, 0.4) is 0 Å². The molecule has 0 heterocycles. The zero-order valence-electron chi connectivity index (χ0n) is 10.0. The van der Waals surface area contributed by atoms with Gasteiger partial charge >= 0.3 is 0 Å². The molecule has 92 valence electrons. The lowest BCUT2D eigenvalue weighted by atomic mass is 10.2. The third-order valence-corrected chi connectivity index (χ3v) is 4.53. The molecule has 4 N–H and O–H groups in total. The van der Waals surface area contributed by atoms with Gasteiger partial charge in [0.15, 0.2) is 0 Å². The SMILES string of the molecule is C=CCSc1cc(C)c(N)c(N)c1SCC=C. The molecule has 0 atom stereocenters. The Morgan fingerprint density at radius 3 is 2.29 bits per heavy atom. The summed E-state index contributed by atoms with van der Waals surface area (Å²) in [5, 5.41) is 0. The highest BCUT2D eigenvalue weighted by molar-refractivity contribution is 8.02. The van der Waals surface area contributed by atoms with E-state index in [-0.39, 0.29) is 0 Å². The zero-order valence-corrected chi connectivity index (χ0v) is 11.7. The van der Waals surface area contributed by atoms with E-state index in [2.05, 4.69) is 19.2 Å². The minimum Gasteiger partial charge on any atom is -0.397 e. The molecule has 0 bridgehead atoms. The number of nitrogen functional groups attached to an aromatic ring is 2. The van der Waals surface area contributed by atoms with E-state index in [1.54, 1.807) is 23.5 Å². The van der Waals surface area contributed by atoms with E-state index in [0.717, 1.165) is 22.0 Å². The molecule has 0 spiro atoms. The molecule has 0 aliphatic rings. The Morgan fingerprint density at radius 2 is 1.71 bits per heavy atom. The van der Waals surface area contributed by atoms with Gasteiger partial charge in [-0.25, -0.2) is 0 Å². The molecule has 1 rings (SSSR count). The van der Waals surface area contributed by atoms with Crippen molar-refractivity contribution in [2.24, 2.45) is 0 Å². The smallest absolute Gasteiger partial charge is 0.0700 e. The van der Waals surface area contributed by atoms with E-state index in [9.17, 15) is 0 Å². The number of thioether (sulfide) groups is 2. The average Bonchev–Trinajstić information content (AvgIpc) is 2.32. The van der Waals surface area contributed by atoms with Crippen LogP contribution in [0.25, 0.3) is 0 Å². The van der Waals surface area contributed by atoms with Crippen LogP contribution in [-0.2, 0) is 0 Å². The van der Waals surface area contributed by atoms with Gasteiger partial charge < -0.3 is 11.5 Å². The van der Waals surface area contributed by atoms with Crippen molar-refractivity contribution in [3.8, 4) is 0 Å². The summed E-state index contributed by atoms with van der Waals surface area (Å²) < 4.78 is 0. The van der Waals surface area contributed by atoms with Crippen molar-refractivity contribution in [2.45, 2.75) is 16.7 Å². The average molecular weight is 266 g/mol. The van der Waals surface area contributed by atoms with E-state index in [0.29, 0.717) is 11.4 Å². The molecule has 0 fully saturated rings. The second-order valence-electron chi connectivity index (χ2n) is 3.55. The molecule has 0 radical (unpaired) electrons. The summed E-state index contributed by atoms with van der Waals surface area (Å²) in [6.45, 7) is 9.43. The lowest BCUT2D eigenvalue weighted by Gasteiger charge is -2.14. The molecule has 1 aromatic carbocycles. The van der Waals surface area contributed by atoms with Gasteiger partial charge in [0.05, 0.1) is 11.4 Å². The van der Waals surface area contributed by atoms with Crippen LogP contribution in [0.4, 0.5) is 11.4 Å². The van der Waals surface area contributed by atoms with Gasteiger partial charge in [-0.15, -0.1) is 36.7 Å². The zero-order chi connectivity index (χ0) is 12.8. The van der Waals surface area contributed by atoms with Crippen molar-refractivity contribution >= 4 is 34.9 Å². The van der Waals surface area contributed by atoms with Gasteiger partial charge in [-0.2, -0.15) is 0 Å². The van der Waals surface area contributed by atoms with Crippen LogP contribution in [-0.4, -0.2) is 11.5 Å². The number of aryl methyl sites for hydroxylation is 1. The first-order chi connectivity index (χ1) is 8.11. The highest BCUT2D eigenvalue weighted by Crippen LogP contribution is 2.40. The summed E-state index contributed by atoms with van der Waals surface area (Å²) in [6.07, 6.45) is 3.75. The minimum atomic E-state index is 0.680. The Kier molecular flexibility index (Phi) is 5.51. The fourth-order valence-corrected chi connectivity index (χ4v) is 3.26. The Balaban J connectivity index is 3.14. The standard InChI is InChI=1S/C13H18N2S2/c1-4-6-16-10-8-9(3)11(14)12(15)13(10)17-7-5-2/h4-5,8H,1-2,6-7,14-15H2,3H3. The lowest BCUT2D eigenvalue weighted by molar-refractivity contribution is 1.22. The third kappa shape index (κ3) is 3.48. The Morgan fingerprint density at radius 1 is 1.12 bits per heavy atom. The number of rotatable bonds is 6. The van der Waals surface area contributed by atoms with Crippen LogP contribution in [0.2, 0.25) is 0 Å². The summed E-state index contributed by atoms with van der Waals surface area (Å²) >= 11 is 3.39. The number of hydrogen-bond donors (Lipinski definition) is 2. The molecule has 4 heteroatoms. The first kappa shape index (κ1) is 14.1. The number of nitrogens with two attached hydrogens (primary N) is 2. The summed E-state index contributed by atoms with van der Waals surface area (Å²) in [7, 11) is 0. The lowest BCUT2D eigenvalue weighted by Crippen LogP contribution is -2.01. The number of benzene rings is 1. The van der Waals surface area contributed by atoms with Gasteiger partial charge in [0.2, 0.25) is 0 Å². The number of hydrogen-bond acceptors (Lipinski definition) is 4. The molecular weight excluding hydrogens is 248 g/mol. The van der Waals surface area contributed by atoms with Crippen molar-refractivity contribution < 1.29 is 0 Å². The van der Waals surface area contributed by atoms with E-state index in [1.165, 1.54) is 4.90 Å². The quantitative estimate of drug-likeness (QED) is 0.468. The van der Waals surface area contributed by atoms with Crippen LogP contribution >= 0.6 is 23.5 Å². The highest BCUT2D eigenvalue weighted by Gasteiger charge is 2.12. The third-order valence-electron chi connectivity index (χ3n) is 2.23. The van der Waals surface area contributed by atoms with Crippen molar-refractivity contribution in [1.82, 2.24) is 0 Å². The molecular formula is C13H18N2S2. The van der Waals surface area contributed by atoms with Crippen molar-refractivity contribution in [2.75, 3.05) is 23.0 Å². The highest BCUT2D eigenvalue weighted by atomic mass is 32.2. The van der Waals surface area contributed by atoms with Gasteiger partial charge in [0.1, 0.15) is 0 Å². The predicted octanol–water partition coefficient (Wildman–Crippen LogP) is 3.72. The first-order valence-electron chi connectivity index (χ1n) is 5.27. The van der Waals surface area contributed by atoms with Gasteiger partial charge in [-0.1, -0.05) is 12.2 Å². The largest absolute Gasteiger partial charge is 0.397 e. The fourth-order valence-electron chi connectivity index (χ4n) is 1.35. The molecule has 0 amide bonds. The van der Waals surface area contributed by atoms with Crippen molar-refractivity contribution in [1.29, 1.82) is 0 Å². The molecule has 0 aliphatic carbocycles. The van der Waals surface area contributed by atoms with Crippen molar-refractivity contribution in [3.63, 3.8) is 0 Å². The maximum absolute atomic E-state index is 6.08. The van der Waals surface area contributed by atoms with E-state index in [4.69, 9.17) is 11.5 Å². The van der Waals surface area contributed by atoms with Gasteiger partial charge in [0, 0.05) is 21.3 Å². The summed E-state index contributed by atoms with van der Waals surface area (Å²) in [5.74, 6) is 1.69. The summed E-state index contributed by atoms with van der Waals surface area (Å²) in [6, 6.07) is 2.09. The number of anilines is 2. The predicted molar refractivity (Wildman–Crippen MR) is 81.8 cm³/mol. The summed E-state index contributed by atoms with van der Waals surface area (Å²) in [5.41, 5.74) is 14.4. The normalized spacial score (nSPS) is 10.2. The van der Waals surface area contributed by atoms with Gasteiger partial charge in [0.25, 0.3) is 0 Å². The molecule has 0 unspecified atom stereocenters. The topological polar surface area (TPSA) is 52.0 Å². The van der Waals surface area contributed by atoms with Crippen LogP contribution in [0, 0.1) is 6.92 Å². The molecule has 2 nitrogen and oxygen atoms in total. The second-order valence-corrected chi connectivity index (χ2v) is 5.64. The molecule has 0 aromatic heterocycles. The first-order valence-corrected chi connectivity index (χ1v) is 7.24. The molecule has 0 saturated carbocycles. The monoisotopic (exact) mass is 266 g/mol. The van der Waals surface area contributed by atoms with E-state index < -0.39 is 0 Å². The maximum atomic E-state index is 6.08. The molecule has 0 saturated heterocycles. The maximum Gasteiger partial charge on any atom is 0.0700 e. The summed E-state index contributed by atoms with van der Waals surface area (Å²) in [4.78, 5) is 2.22. The van der Waals surface area contributed by atoms with Crippen LogP contribution in [0.1, 0.15) is 5.56 Å². The Bertz CT molecular complexity index is 428. The van der Waals surface area contributed by atoms with Gasteiger partial charge in [-0.05, 0) is 18.6 Å². The van der Waals surface area contributed by atoms with Crippen molar-refractivity contribution in [3.05, 3.63) is 36.9 Å². The van der Waals surface area contributed by atoms with Crippen LogP contribution in [0.15, 0.2) is 41.2 Å². The minimum absolute atomic E-state index is 0.680. The van der Waals surface area contributed by atoms with E-state index in [1.807, 2.05) is 19.1 Å². The fraction of sp³-hybridized carbons (Fsp3) is 0.231. The van der Waals surface area contributed by atoms with Crippen LogP contribution < -0.4 is 11.5 Å². The molecule has 17 heavy (non-hydrogen) atoms. The van der Waals surface area contributed by atoms with Crippen LogP contribution in [0.5, 0.6) is 0 Å². The van der Waals surface area contributed by atoms with E-state index >= 15 is 0 Å². The molecule has 1 aromatic rings. The Labute approximate surface area is 112 Å². The Hall–Kier alpha value is -1.00. The van der Waals surface area contributed by atoms with Gasteiger partial charge in [-0.3, -0.25) is 0 Å². The second kappa shape index (κ2) is 6.67. The molecule has 0 aliphatic heterocycles.